The molecule has 1 aromatic rings. The van der Waals surface area contributed by atoms with Gasteiger partial charge < -0.3 is 9.84 Å². The SMILES string of the molecule is COC(=O)CCN(C)S(=O)(=O)c1cc(C(=O)O)cs1. The summed E-state index contributed by atoms with van der Waals surface area (Å²) in [5.74, 6) is -1.70. The molecule has 106 valence electrons. The summed E-state index contributed by atoms with van der Waals surface area (Å²) < 4.78 is 29.5. The van der Waals surface area contributed by atoms with Crippen LogP contribution < -0.4 is 0 Å². The van der Waals surface area contributed by atoms with Gasteiger partial charge in [0.2, 0.25) is 0 Å². The highest BCUT2D eigenvalue weighted by atomic mass is 32.2. The van der Waals surface area contributed by atoms with E-state index < -0.39 is 22.0 Å². The summed E-state index contributed by atoms with van der Waals surface area (Å²) in [7, 11) is -1.24. The molecule has 9 heteroatoms. The van der Waals surface area contributed by atoms with Gasteiger partial charge in [-0.3, -0.25) is 4.79 Å². The van der Waals surface area contributed by atoms with Gasteiger partial charge in [0.1, 0.15) is 4.21 Å². The van der Waals surface area contributed by atoms with Gasteiger partial charge >= 0.3 is 11.9 Å². The van der Waals surface area contributed by atoms with Gasteiger partial charge in [-0.2, -0.15) is 4.31 Å². The zero-order chi connectivity index (χ0) is 14.6. The molecule has 0 amide bonds. The van der Waals surface area contributed by atoms with Gasteiger partial charge in [0.15, 0.2) is 0 Å². The summed E-state index contributed by atoms with van der Waals surface area (Å²) in [6, 6.07) is 1.09. The van der Waals surface area contributed by atoms with Crippen molar-refractivity contribution in [3.8, 4) is 0 Å². The molecule has 0 saturated heterocycles. The van der Waals surface area contributed by atoms with Crippen molar-refractivity contribution in [3.05, 3.63) is 17.0 Å². The van der Waals surface area contributed by atoms with E-state index in [4.69, 9.17) is 5.11 Å². The van der Waals surface area contributed by atoms with Crippen molar-refractivity contribution in [3.63, 3.8) is 0 Å². The van der Waals surface area contributed by atoms with Gasteiger partial charge in [-0.1, -0.05) is 0 Å². The van der Waals surface area contributed by atoms with E-state index in [1.165, 1.54) is 19.5 Å². The Morgan fingerprint density at radius 2 is 2.11 bits per heavy atom. The standard InChI is InChI=1S/C10H13NO6S2/c1-11(4-3-8(12)17-2)19(15,16)9-5-7(6-18-9)10(13)14/h5-6H,3-4H2,1-2H3,(H,13,14). The second-order valence-corrected chi connectivity index (χ2v) is 6.80. The van der Waals surface area contributed by atoms with Crippen molar-refractivity contribution in [2.45, 2.75) is 10.6 Å². The summed E-state index contributed by atoms with van der Waals surface area (Å²) >= 11 is 0.827. The van der Waals surface area contributed by atoms with Gasteiger partial charge in [0, 0.05) is 19.0 Å². The third-order valence-corrected chi connectivity index (χ3v) is 5.62. The molecule has 0 aliphatic heterocycles. The zero-order valence-corrected chi connectivity index (χ0v) is 12.0. The molecule has 7 nitrogen and oxygen atoms in total. The van der Waals surface area contributed by atoms with E-state index in [1.54, 1.807) is 0 Å². The van der Waals surface area contributed by atoms with E-state index in [0.717, 1.165) is 21.7 Å². The highest BCUT2D eigenvalue weighted by Crippen LogP contribution is 2.23. The average molecular weight is 307 g/mol. The fraction of sp³-hybridized carbons (Fsp3) is 0.400. The molecule has 0 aromatic carbocycles. The van der Waals surface area contributed by atoms with Crippen LogP contribution in [0.5, 0.6) is 0 Å². The Balaban J connectivity index is 2.84. The molecule has 0 atom stereocenters. The molecule has 1 heterocycles. The molecule has 19 heavy (non-hydrogen) atoms. The van der Waals surface area contributed by atoms with E-state index in [0.29, 0.717) is 0 Å². The smallest absolute Gasteiger partial charge is 0.336 e. The predicted molar refractivity (Wildman–Crippen MR) is 67.7 cm³/mol. The summed E-state index contributed by atoms with van der Waals surface area (Å²) in [5.41, 5.74) is -0.0788. The van der Waals surface area contributed by atoms with E-state index in [9.17, 15) is 18.0 Å². The number of hydrogen-bond donors (Lipinski definition) is 1. The largest absolute Gasteiger partial charge is 0.478 e. The number of carboxylic acid groups (broad SMARTS) is 1. The third kappa shape index (κ3) is 3.75. The van der Waals surface area contributed by atoms with Gasteiger partial charge in [0.05, 0.1) is 19.1 Å². The first kappa shape index (κ1) is 15.6. The molecular formula is C10H13NO6S2. The number of carboxylic acids is 1. The maximum atomic E-state index is 12.1. The number of esters is 1. The highest BCUT2D eigenvalue weighted by molar-refractivity contribution is 7.91. The molecule has 0 aliphatic rings. The predicted octanol–water partition coefficient (Wildman–Crippen LogP) is 0.630. The minimum atomic E-state index is -3.77. The number of methoxy groups -OCH3 is 1. The third-order valence-electron chi connectivity index (χ3n) is 2.35. The van der Waals surface area contributed by atoms with Crippen LogP contribution >= 0.6 is 11.3 Å². The van der Waals surface area contributed by atoms with Crippen LogP contribution in [0.4, 0.5) is 0 Å². The van der Waals surface area contributed by atoms with Crippen molar-refractivity contribution in [2.75, 3.05) is 20.7 Å². The maximum Gasteiger partial charge on any atom is 0.336 e. The van der Waals surface area contributed by atoms with Crippen LogP contribution in [0.15, 0.2) is 15.7 Å². The van der Waals surface area contributed by atoms with Crippen LogP contribution in [0.1, 0.15) is 16.8 Å². The zero-order valence-electron chi connectivity index (χ0n) is 10.3. The Kier molecular flexibility index (Phi) is 5.04. The maximum absolute atomic E-state index is 12.1. The van der Waals surface area contributed by atoms with E-state index in [-0.39, 0.29) is 22.7 Å². The monoisotopic (exact) mass is 307 g/mol. The first-order chi connectivity index (χ1) is 8.78. The number of nitrogens with zero attached hydrogens (tertiary/aromatic N) is 1. The molecule has 0 radical (unpaired) electrons. The number of ether oxygens (including phenoxy) is 1. The molecule has 0 saturated carbocycles. The van der Waals surface area contributed by atoms with Crippen molar-refractivity contribution in [2.24, 2.45) is 0 Å². The molecule has 0 bridgehead atoms. The molecule has 0 unspecified atom stereocenters. The molecule has 0 aliphatic carbocycles. The Morgan fingerprint density at radius 3 is 2.58 bits per heavy atom. The molecule has 0 fully saturated rings. The molecule has 1 aromatic heterocycles. The number of carbonyl (C=O) groups excluding carboxylic acids is 1. The summed E-state index contributed by atoms with van der Waals surface area (Å²) in [4.78, 5) is 21.7. The number of hydrogen-bond acceptors (Lipinski definition) is 6. The van der Waals surface area contributed by atoms with Crippen LogP contribution in [0.3, 0.4) is 0 Å². The minimum Gasteiger partial charge on any atom is -0.478 e. The second-order valence-electron chi connectivity index (χ2n) is 3.61. The van der Waals surface area contributed by atoms with Crippen LogP contribution in [-0.2, 0) is 19.6 Å². The summed E-state index contributed by atoms with van der Waals surface area (Å²) in [5, 5.41) is 10.0. The number of carbonyl (C=O) groups is 2. The highest BCUT2D eigenvalue weighted by Gasteiger charge is 2.24. The lowest BCUT2D eigenvalue weighted by Gasteiger charge is -2.14. The minimum absolute atomic E-state index is 0.0324. The van der Waals surface area contributed by atoms with Crippen molar-refractivity contribution < 1.29 is 27.9 Å². The number of aromatic carboxylic acids is 1. The number of sulfonamides is 1. The van der Waals surface area contributed by atoms with E-state index in [1.807, 2.05) is 0 Å². The average Bonchev–Trinajstić information content (AvgIpc) is 2.85. The van der Waals surface area contributed by atoms with E-state index >= 15 is 0 Å². The molecular weight excluding hydrogens is 294 g/mol. The lowest BCUT2D eigenvalue weighted by atomic mass is 10.4. The van der Waals surface area contributed by atoms with Crippen molar-refractivity contribution in [1.82, 2.24) is 4.31 Å². The Morgan fingerprint density at radius 1 is 1.47 bits per heavy atom. The summed E-state index contributed by atoms with van der Waals surface area (Å²) in [6.45, 7) is -0.0324. The molecule has 1 rings (SSSR count). The quantitative estimate of drug-likeness (QED) is 0.774. The summed E-state index contributed by atoms with van der Waals surface area (Å²) in [6.07, 6.45) is -0.0661. The van der Waals surface area contributed by atoms with Crippen LogP contribution in [-0.4, -0.2) is 50.5 Å². The number of rotatable bonds is 6. The Bertz CT molecular complexity index is 577. The van der Waals surface area contributed by atoms with Crippen LogP contribution in [0, 0.1) is 0 Å². The lowest BCUT2D eigenvalue weighted by molar-refractivity contribution is -0.140. The van der Waals surface area contributed by atoms with Crippen molar-refractivity contribution >= 4 is 33.3 Å². The van der Waals surface area contributed by atoms with Gasteiger partial charge in [-0.15, -0.1) is 11.3 Å². The first-order valence-electron chi connectivity index (χ1n) is 5.14. The van der Waals surface area contributed by atoms with Gasteiger partial charge in [-0.05, 0) is 6.07 Å². The Labute approximate surface area is 114 Å². The molecule has 1 N–H and O–H groups in total. The molecule has 0 spiro atoms. The topological polar surface area (TPSA) is 101 Å². The number of thiophene rings is 1. The van der Waals surface area contributed by atoms with Gasteiger partial charge in [-0.25, -0.2) is 13.2 Å². The first-order valence-corrected chi connectivity index (χ1v) is 7.46. The fourth-order valence-corrected chi connectivity index (χ4v) is 3.72. The normalized spacial score (nSPS) is 11.5. The van der Waals surface area contributed by atoms with Gasteiger partial charge in [0.25, 0.3) is 10.0 Å². The van der Waals surface area contributed by atoms with Crippen molar-refractivity contribution in [1.29, 1.82) is 0 Å². The van der Waals surface area contributed by atoms with Crippen LogP contribution in [0.2, 0.25) is 0 Å². The van der Waals surface area contributed by atoms with E-state index in [2.05, 4.69) is 4.74 Å². The van der Waals surface area contributed by atoms with Crippen LogP contribution in [0.25, 0.3) is 0 Å². The lowest BCUT2D eigenvalue weighted by Crippen LogP contribution is -2.28. The Hall–Kier alpha value is -1.45. The second kappa shape index (κ2) is 6.13. The fourth-order valence-electron chi connectivity index (χ4n) is 1.19.